The molecule has 1 atom stereocenters. The summed E-state index contributed by atoms with van der Waals surface area (Å²) in [6.07, 6.45) is 6.10. The maximum atomic E-state index is 12.5. The first-order chi connectivity index (χ1) is 10.7. The number of nitrogens with zero attached hydrogens (tertiary/aromatic N) is 2. The molecule has 1 unspecified atom stereocenters. The quantitative estimate of drug-likeness (QED) is 0.940. The third-order valence-electron chi connectivity index (χ3n) is 3.47. The molecule has 0 aromatic carbocycles. The van der Waals surface area contributed by atoms with Gasteiger partial charge in [-0.15, -0.1) is 0 Å². The molecule has 1 aliphatic heterocycles. The van der Waals surface area contributed by atoms with Crippen molar-refractivity contribution < 1.29 is 9.53 Å². The third kappa shape index (κ3) is 3.39. The van der Waals surface area contributed by atoms with Gasteiger partial charge in [-0.25, -0.2) is 4.98 Å². The Bertz CT molecular complexity index is 672. The number of carbonyl (C=O) groups is 1. The van der Waals surface area contributed by atoms with Gasteiger partial charge in [0.1, 0.15) is 11.7 Å². The molecule has 22 heavy (non-hydrogen) atoms. The average Bonchev–Trinajstić information content (AvgIpc) is 3.03. The first-order valence-corrected chi connectivity index (χ1v) is 8.31. The van der Waals surface area contributed by atoms with E-state index >= 15 is 0 Å². The second-order valence-electron chi connectivity index (χ2n) is 5.10. The zero-order chi connectivity index (χ0) is 15.4. The lowest BCUT2D eigenvalue weighted by atomic mass is 10.2. The van der Waals surface area contributed by atoms with Crippen LogP contribution in [-0.2, 0) is 0 Å². The fourth-order valence-corrected chi connectivity index (χ4v) is 3.30. The van der Waals surface area contributed by atoms with Crippen LogP contribution in [-0.4, -0.2) is 33.5 Å². The van der Waals surface area contributed by atoms with Gasteiger partial charge in [0.05, 0.1) is 11.9 Å². The van der Waals surface area contributed by atoms with E-state index in [0.29, 0.717) is 17.1 Å². The Morgan fingerprint density at radius 3 is 3.09 bits per heavy atom. The van der Waals surface area contributed by atoms with Crippen molar-refractivity contribution >= 4 is 23.4 Å². The van der Waals surface area contributed by atoms with Crippen LogP contribution in [0.15, 0.2) is 36.8 Å². The molecule has 2 aromatic heterocycles. The van der Waals surface area contributed by atoms with Gasteiger partial charge in [-0.1, -0.05) is 0 Å². The SMILES string of the molecule is Cc1ccncc1NC(=O)c1cccnc1OC1CCSC1. The van der Waals surface area contributed by atoms with E-state index < -0.39 is 0 Å². The first-order valence-electron chi connectivity index (χ1n) is 7.15. The lowest BCUT2D eigenvalue weighted by molar-refractivity contribution is 0.101. The van der Waals surface area contributed by atoms with Crippen LogP contribution >= 0.6 is 11.8 Å². The van der Waals surface area contributed by atoms with E-state index in [2.05, 4.69) is 15.3 Å². The molecule has 6 heteroatoms. The first kappa shape index (κ1) is 14.8. The van der Waals surface area contributed by atoms with Crippen molar-refractivity contribution in [2.45, 2.75) is 19.4 Å². The smallest absolute Gasteiger partial charge is 0.261 e. The fraction of sp³-hybridized carbons (Fsp3) is 0.312. The molecule has 0 radical (unpaired) electrons. The summed E-state index contributed by atoms with van der Waals surface area (Å²) in [4.78, 5) is 20.7. The van der Waals surface area contributed by atoms with Crippen LogP contribution in [0.2, 0.25) is 0 Å². The van der Waals surface area contributed by atoms with Crippen LogP contribution in [0.1, 0.15) is 22.3 Å². The standard InChI is InChI=1S/C16H17N3O2S/c1-11-4-7-17-9-14(11)19-15(20)13-3-2-6-18-16(13)21-12-5-8-22-10-12/h2-4,6-7,9,12H,5,8,10H2,1H3,(H,19,20). The van der Waals surface area contributed by atoms with E-state index in [1.54, 1.807) is 30.7 Å². The van der Waals surface area contributed by atoms with Crippen LogP contribution in [0.25, 0.3) is 0 Å². The second-order valence-corrected chi connectivity index (χ2v) is 6.25. The number of pyridine rings is 2. The van der Waals surface area contributed by atoms with Crippen LogP contribution in [0, 0.1) is 6.92 Å². The highest BCUT2D eigenvalue weighted by molar-refractivity contribution is 7.99. The Kier molecular flexibility index (Phi) is 4.58. The van der Waals surface area contributed by atoms with E-state index in [-0.39, 0.29) is 12.0 Å². The molecule has 3 rings (SSSR count). The predicted octanol–water partition coefficient (Wildman–Crippen LogP) is 2.92. The Morgan fingerprint density at radius 2 is 2.32 bits per heavy atom. The van der Waals surface area contributed by atoms with E-state index in [0.717, 1.165) is 23.5 Å². The van der Waals surface area contributed by atoms with Gasteiger partial charge in [-0.05, 0) is 42.9 Å². The molecule has 2 aromatic rings. The van der Waals surface area contributed by atoms with Gasteiger partial charge in [-0.2, -0.15) is 11.8 Å². The van der Waals surface area contributed by atoms with Gasteiger partial charge in [0, 0.05) is 18.1 Å². The van der Waals surface area contributed by atoms with Crippen LogP contribution < -0.4 is 10.1 Å². The summed E-state index contributed by atoms with van der Waals surface area (Å²) in [6, 6.07) is 5.32. The molecule has 1 amide bonds. The third-order valence-corrected chi connectivity index (χ3v) is 4.60. The fourth-order valence-electron chi connectivity index (χ4n) is 2.21. The molecule has 1 N–H and O–H groups in total. The molecule has 0 spiro atoms. The van der Waals surface area contributed by atoms with Gasteiger partial charge in [0.2, 0.25) is 5.88 Å². The molecule has 0 bridgehead atoms. The van der Waals surface area contributed by atoms with Crippen molar-refractivity contribution in [2.75, 3.05) is 16.8 Å². The van der Waals surface area contributed by atoms with Crippen molar-refractivity contribution in [3.05, 3.63) is 47.9 Å². The number of thioether (sulfide) groups is 1. The maximum absolute atomic E-state index is 12.5. The minimum atomic E-state index is -0.232. The summed E-state index contributed by atoms with van der Waals surface area (Å²) >= 11 is 1.86. The van der Waals surface area contributed by atoms with E-state index in [9.17, 15) is 4.79 Å². The monoisotopic (exact) mass is 315 g/mol. The van der Waals surface area contributed by atoms with E-state index in [1.165, 1.54) is 0 Å². The normalized spacial score (nSPS) is 17.2. The van der Waals surface area contributed by atoms with Crippen LogP contribution in [0.3, 0.4) is 0 Å². The average molecular weight is 315 g/mol. The summed E-state index contributed by atoms with van der Waals surface area (Å²) in [5.41, 5.74) is 2.10. The highest BCUT2D eigenvalue weighted by Gasteiger charge is 2.21. The molecule has 0 aliphatic carbocycles. The molecule has 5 nitrogen and oxygen atoms in total. The minimum Gasteiger partial charge on any atom is -0.473 e. The summed E-state index contributed by atoms with van der Waals surface area (Å²) in [5.74, 6) is 2.20. The zero-order valence-electron chi connectivity index (χ0n) is 12.3. The van der Waals surface area contributed by atoms with Gasteiger partial charge in [0.15, 0.2) is 0 Å². The molecule has 1 saturated heterocycles. The number of rotatable bonds is 4. The lowest BCUT2D eigenvalue weighted by Gasteiger charge is -2.15. The van der Waals surface area contributed by atoms with Crippen molar-refractivity contribution in [3.63, 3.8) is 0 Å². The number of carbonyl (C=O) groups excluding carboxylic acids is 1. The summed E-state index contributed by atoms with van der Waals surface area (Å²) in [7, 11) is 0. The van der Waals surface area contributed by atoms with Gasteiger partial charge in [0.25, 0.3) is 5.91 Å². The van der Waals surface area contributed by atoms with E-state index in [4.69, 9.17) is 4.74 Å². The maximum Gasteiger partial charge on any atom is 0.261 e. The molecule has 1 fully saturated rings. The van der Waals surface area contributed by atoms with Crippen LogP contribution in [0.5, 0.6) is 5.88 Å². The second kappa shape index (κ2) is 6.79. The zero-order valence-corrected chi connectivity index (χ0v) is 13.1. The van der Waals surface area contributed by atoms with Crippen molar-refractivity contribution in [2.24, 2.45) is 0 Å². The van der Waals surface area contributed by atoms with Crippen molar-refractivity contribution in [1.29, 1.82) is 0 Å². The van der Waals surface area contributed by atoms with E-state index in [1.807, 2.05) is 24.8 Å². The summed E-state index contributed by atoms with van der Waals surface area (Å²) in [6.45, 7) is 1.92. The molecule has 114 valence electrons. The predicted molar refractivity (Wildman–Crippen MR) is 87.5 cm³/mol. The molecular weight excluding hydrogens is 298 g/mol. The van der Waals surface area contributed by atoms with Gasteiger partial charge < -0.3 is 10.1 Å². The highest BCUT2D eigenvalue weighted by Crippen LogP contribution is 2.25. The Morgan fingerprint density at radius 1 is 1.41 bits per heavy atom. The topological polar surface area (TPSA) is 64.1 Å². The number of anilines is 1. The van der Waals surface area contributed by atoms with Crippen molar-refractivity contribution in [1.82, 2.24) is 9.97 Å². The summed E-state index contributed by atoms with van der Waals surface area (Å²) < 4.78 is 5.89. The summed E-state index contributed by atoms with van der Waals surface area (Å²) in [5, 5.41) is 2.87. The Labute approximate surface area is 133 Å². The number of amides is 1. The molecule has 3 heterocycles. The van der Waals surface area contributed by atoms with Gasteiger partial charge in [-0.3, -0.25) is 9.78 Å². The number of nitrogens with one attached hydrogen (secondary N) is 1. The number of ether oxygens (including phenoxy) is 1. The number of aromatic nitrogens is 2. The lowest BCUT2D eigenvalue weighted by Crippen LogP contribution is -2.20. The molecular formula is C16H17N3O2S. The van der Waals surface area contributed by atoms with Crippen molar-refractivity contribution in [3.8, 4) is 5.88 Å². The number of aryl methyl sites for hydroxylation is 1. The molecule has 1 aliphatic rings. The Hall–Kier alpha value is -2.08. The highest BCUT2D eigenvalue weighted by atomic mass is 32.2. The Balaban J connectivity index is 1.78. The number of hydrogen-bond acceptors (Lipinski definition) is 5. The van der Waals surface area contributed by atoms with Crippen LogP contribution in [0.4, 0.5) is 5.69 Å². The number of hydrogen-bond donors (Lipinski definition) is 1. The minimum absolute atomic E-state index is 0.131. The molecule has 0 saturated carbocycles. The van der Waals surface area contributed by atoms with Gasteiger partial charge >= 0.3 is 0 Å². The largest absolute Gasteiger partial charge is 0.473 e.